The van der Waals surface area contributed by atoms with Crippen LogP contribution in [0.1, 0.15) is 0 Å². The molecule has 0 fully saturated rings. The van der Waals surface area contributed by atoms with Gasteiger partial charge in [0, 0.05) is 5.10 Å². The number of primary amides is 1. The first-order valence-corrected chi connectivity index (χ1v) is 3.45. The Balaban J connectivity index is 2.67. The van der Waals surface area contributed by atoms with E-state index in [0.717, 1.165) is 0 Å². The Morgan fingerprint density at radius 1 is 1.90 bits per heavy atom. The molecule has 0 unspecified atom stereocenters. The molecule has 0 aliphatic carbocycles. The number of aromatic nitrogens is 2. The van der Waals surface area contributed by atoms with Gasteiger partial charge < -0.3 is 11.5 Å². The predicted octanol–water partition coefficient (Wildman–Crippen LogP) is -1.50. The lowest BCUT2D eigenvalue weighted by molar-refractivity contribution is -0.736. The highest BCUT2D eigenvalue weighted by Crippen LogP contribution is 1.98. The minimum atomic E-state index is -0.421. The van der Waals surface area contributed by atoms with Crippen molar-refractivity contribution in [2.45, 2.75) is 6.54 Å². The Bertz CT molecular complexity index is 245. The quantitative estimate of drug-likeness (QED) is 0.515. The van der Waals surface area contributed by atoms with E-state index in [1.54, 1.807) is 5.51 Å². The largest absolute Gasteiger partial charge is 0.370 e. The Morgan fingerprint density at radius 2 is 2.60 bits per heavy atom. The summed E-state index contributed by atoms with van der Waals surface area (Å²) in [6.07, 6.45) is 0. The summed E-state index contributed by atoms with van der Waals surface area (Å²) in [6, 6.07) is 0. The zero-order valence-electron chi connectivity index (χ0n) is 5.15. The second kappa shape index (κ2) is 2.61. The van der Waals surface area contributed by atoms with Gasteiger partial charge in [0.05, 0.1) is 0 Å². The summed E-state index contributed by atoms with van der Waals surface area (Å²) in [7, 11) is 0. The van der Waals surface area contributed by atoms with Crippen LogP contribution in [-0.4, -0.2) is 11.0 Å². The van der Waals surface area contributed by atoms with Crippen LogP contribution in [0.5, 0.6) is 0 Å². The van der Waals surface area contributed by atoms with Gasteiger partial charge in [0.25, 0.3) is 23.1 Å². The van der Waals surface area contributed by atoms with Crippen molar-refractivity contribution in [3.05, 3.63) is 5.51 Å². The van der Waals surface area contributed by atoms with Crippen LogP contribution < -0.4 is 16.1 Å². The van der Waals surface area contributed by atoms with E-state index in [-0.39, 0.29) is 6.54 Å². The van der Waals surface area contributed by atoms with Crippen LogP contribution in [0.3, 0.4) is 0 Å². The molecule has 0 aromatic carbocycles. The molecule has 10 heavy (non-hydrogen) atoms. The molecular weight excluding hydrogens is 152 g/mol. The van der Waals surface area contributed by atoms with Crippen LogP contribution in [-0.2, 0) is 11.3 Å². The van der Waals surface area contributed by atoms with Gasteiger partial charge in [-0.2, -0.15) is 0 Å². The molecule has 0 saturated heterocycles. The Labute approximate surface area is 61.3 Å². The van der Waals surface area contributed by atoms with E-state index in [2.05, 4.69) is 5.10 Å². The fourth-order valence-corrected chi connectivity index (χ4v) is 1.02. The molecule has 6 heteroatoms. The minimum Gasteiger partial charge on any atom is -0.370 e. The van der Waals surface area contributed by atoms with Gasteiger partial charge in [-0.05, 0) is 11.3 Å². The number of carbonyl (C=O) groups is 1. The zero-order chi connectivity index (χ0) is 7.56. The maximum absolute atomic E-state index is 10.3. The molecule has 4 N–H and O–H groups in total. The van der Waals surface area contributed by atoms with E-state index in [9.17, 15) is 4.79 Å². The number of carbonyl (C=O) groups excluding carboxylic acids is 1. The van der Waals surface area contributed by atoms with Crippen molar-refractivity contribution in [3.8, 4) is 0 Å². The highest BCUT2D eigenvalue weighted by atomic mass is 32.1. The summed E-state index contributed by atoms with van der Waals surface area (Å²) >= 11 is 1.27. The zero-order valence-corrected chi connectivity index (χ0v) is 5.97. The number of nitrogens with zero attached hydrogens (tertiary/aromatic N) is 2. The Hall–Kier alpha value is -1.17. The molecule has 0 atom stereocenters. The number of hydrogen-bond acceptors (Lipinski definition) is 4. The number of nitrogen functional groups attached to an aromatic ring is 1. The number of anilines is 1. The molecule has 0 radical (unpaired) electrons. The van der Waals surface area contributed by atoms with Crippen molar-refractivity contribution in [1.29, 1.82) is 0 Å². The lowest BCUT2D eigenvalue weighted by Crippen LogP contribution is -2.41. The van der Waals surface area contributed by atoms with Crippen molar-refractivity contribution in [1.82, 2.24) is 5.10 Å². The first-order valence-electron chi connectivity index (χ1n) is 2.57. The van der Waals surface area contributed by atoms with Gasteiger partial charge in [-0.3, -0.25) is 4.79 Å². The molecule has 0 aliphatic rings. The SMILES string of the molecule is NC(=O)C[n+]1csc(N)n1. The van der Waals surface area contributed by atoms with E-state index in [0.29, 0.717) is 5.13 Å². The molecular formula is C4H7N4OS+. The summed E-state index contributed by atoms with van der Waals surface area (Å²) in [5.74, 6) is -0.421. The van der Waals surface area contributed by atoms with Crippen LogP contribution in [0.25, 0.3) is 0 Å². The van der Waals surface area contributed by atoms with Crippen LogP contribution in [0.15, 0.2) is 5.51 Å². The fraction of sp³-hybridized carbons (Fsp3) is 0.250. The Kier molecular flexibility index (Phi) is 1.81. The fourth-order valence-electron chi connectivity index (χ4n) is 0.521. The monoisotopic (exact) mass is 159 g/mol. The minimum absolute atomic E-state index is 0.0910. The van der Waals surface area contributed by atoms with E-state index in [1.807, 2.05) is 0 Å². The molecule has 5 nitrogen and oxygen atoms in total. The van der Waals surface area contributed by atoms with Crippen molar-refractivity contribution in [2.24, 2.45) is 5.73 Å². The summed E-state index contributed by atoms with van der Waals surface area (Å²) in [4.78, 5) is 10.3. The third-order valence-corrected chi connectivity index (χ3v) is 1.51. The smallest absolute Gasteiger partial charge is 0.285 e. The highest BCUT2D eigenvalue weighted by Gasteiger charge is 2.08. The van der Waals surface area contributed by atoms with E-state index >= 15 is 0 Å². The van der Waals surface area contributed by atoms with Crippen molar-refractivity contribution in [3.63, 3.8) is 0 Å². The number of nitrogens with two attached hydrogens (primary N) is 2. The molecule has 1 rings (SSSR count). The first-order chi connectivity index (χ1) is 4.68. The standard InChI is InChI=1S/C4H6N4OS/c5-3(9)1-8-2-10-4(6)7-8/h2H,1H2,(H3-,5,6,7,9)/p+1. The molecule has 0 bridgehead atoms. The molecule has 1 heterocycles. The molecule has 1 aromatic heterocycles. The summed E-state index contributed by atoms with van der Waals surface area (Å²) in [5, 5.41) is 4.19. The lowest BCUT2D eigenvalue weighted by Gasteiger charge is -1.80. The van der Waals surface area contributed by atoms with Crippen LogP contribution in [0.4, 0.5) is 5.13 Å². The molecule has 0 aliphatic heterocycles. The van der Waals surface area contributed by atoms with E-state index in [1.165, 1.54) is 16.0 Å². The van der Waals surface area contributed by atoms with Crippen LogP contribution >= 0.6 is 11.3 Å². The third-order valence-electron chi connectivity index (χ3n) is 0.840. The van der Waals surface area contributed by atoms with Crippen LogP contribution in [0.2, 0.25) is 0 Å². The Morgan fingerprint density at radius 3 is 3.00 bits per heavy atom. The maximum atomic E-state index is 10.3. The topological polar surface area (TPSA) is 85.9 Å². The van der Waals surface area contributed by atoms with Crippen molar-refractivity contribution < 1.29 is 9.48 Å². The number of amides is 1. The average Bonchev–Trinajstić information content (AvgIpc) is 2.13. The van der Waals surface area contributed by atoms with Crippen LogP contribution in [0, 0.1) is 0 Å². The van der Waals surface area contributed by atoms with Gasteiger partial charge >= 0.3 is 0 Å². The summed E-state index contributed by atoms with van der Waals surface area (Å²) in [6.45, 7) is 0.0910. The summed E-state index contributed by atoms with van der Waals surface area (Å²) < 4.78 is 1.41. The molecule has 54 valence electrons. The molecule has 1 amide bonds. The van der Waals surface area contributed by atoms with Crippen molar-refractivity contribution >= 4 is 22.4 Å². The molecule has 1 aromatic rings. The predicted molar refractivity (Wildman–Crippen MR) is 35.9 cm³/mol. The first kappa shape index (κ1) is 6.94. The molecule has 0 spiro atoms. The van der Waals surface area contributed by atoms with Gasteiger partial charge in [0.2, 0.25) is 0 Å². The second-order valence-electron chi connectivity index (χ2n) is 1.73. The normalized spacial score (nSPS) is 9.60. The van der Waals surface area contributed by atoms with Gasteiger partial charge in [-0.1, -0.05) is 4.68 Å². The van der Waals surface area contributed by atoms with Gasteiger partial charge in [-0.25, -0.2) is 0 Å². The van der Waals surface area contributed by atoms with E-state index < -0.39 is 5.91 Å². The maximum Gasteiger partial charge on any atom is 0.285 e. The van der Waals surface area contributed by atoms with Gasteiger partial charge in [-0.15, -0.1) is 0 Å². The lowest BCUT2D eigenvalue weighted by atomic mass is 10.6. The average molecular weight is 159 g/mol. The number of hydrogen-bond donors (Lipinski definition) is 2. The van der Waals surface area contributed by atoms with Gasteiger partial charge in [0.15, 0.2) is 0 Å². The second-order valence-corrected chi connectivity index (χ2v) is 2.59. The summed E-state index contributed by atoms with van der Waals surface area (Å²) in [5.41, 5.74) is 11.8. The highest BCUT2D eigenvalue weighted by molar-refractivity contribution is 7.12. The third kappa shape index (κ3) is 1.66. The van der Waals surface area contributed by atoms with Gasteiger partial charge in [0.1, 0.15) is 0 Å². The number of rotatable bonds is 2. The van der Waals surface area contributed by atoms with E-state index in [4.69, 9.17) is 11.5 Å². The van der Waals surface area contributed by atoms with Crippen molar-refractivity contribution in [2.75, 3.05) is 5.73 Å². The molecule has 0 saturated carbocycles.